The summed E-state index contributed by atoms with van der Waals surface area (Å²) in [4.78, 5) is 27.6. The van der Waals surface area contributed by atoms with Crippen LogP contribution < -0.4 is 5.32 Å². The number of anilines is 1. The molecule has 1 atom stereocenters. The molecule has 0 spiro atoms. The van der Waals surface area contributed by atoms with Crippen molar-refractivity contribution in [1.29, 1.82) is 0 Å². The van der Waals surface area contributed by atoms with E-state index in [1.165, 1.54) is 17.0 Å². The van der Waals surface area contributed by atoms with E-state index in [0.29, 0.717) is 27.4 Å². The molecule has 146 valence electrons. The van der Waals surface area contributed by atoms with E-state index in [1.807, 2.05) is 19.1 Å². The van der Waals surface area contributed by atoms with Gasteiger partial charge in [0, 0.05) is 21.8 Å². The fourth-order valence-corrected chi connectivity index (χ4v) is 3.82. The third-order valence-corrected chi connectivity index (χ3v) is 5.27. The van der Waals surface area contributed by atoms with E-state index in [2.05, 4.69) is 5.32 Å². The summed E-state index contributed by atoms with van der Waals surface area (Å²) < 4.78 is 13.6. The number of nitrogens with zero attached hydrogens (tertiary/aromatic N) is 1. The van der Waals surface area contributed by atoms with Crippen LogP contribution in [0.1, 0.15) is 33.1 Å². The zero-order valence-corrected chi connectivity index (χ0v) is 16.4. The Bertz CT molecular complexity index is 1100. The highest BCUT2D eigenvalue weighted by molar-refractivity contribution is 6.30. The SMILES string of the molecule is Cc1ccccc1C(=O)N1CC(=O)Nc2ccc(Cl)cc2[C@H]1c1ccc(F)cc1. The highest BCUT2D eigenvalue weighted by Gasteiger charge is 2.34. The molecule has 0 unspecified atom stereocenters. The Morgan fingerprint density at radius 1 is 1.10 bits per heavy atom. The molecule has 1 heterocycles. The normalized spacial score (nSPS) is 16.0. The third-order valence-electron chi connectivity index (χ3n) is 5.03. The Morgan fingerprint density at radius 3 is 2.55 bits per heavy atom. The van der Waals surface area contributed by atoms with Crippen LogP contribution in [0, 0.1) is 12.7 Å². The van der Waals surface area contributed by atoms with Crippen molar-refractivity contribution in [3.8, 4) is 0 Å². The summed E-state index contributed by atoms with van der Waals surface area (Å²) in [5.74, 6) is -0.958. The lowest BCUT2D eigenvalue weighted by atomic mass is 9.95. The van der Waals surface area contributed by atoms with E-state index >= 15 is 0 Å². The number of rotatable bonds is 2. The Hall–Kier alpha value is -3.18. The molecule has 0 aromatic heterocycles. The van der Waals surface area contributed by atoms with Gasteiger partial charge < -0.3 is 10.2 Å². The van der Waals surface area contributed by atoms with Gasteiger partial charge in [-0.05, 0) is 54.4 Å². The fourth-order valence-electron chi connectivity index (χ4n) is 3.64. The molecular formula is C23H18ClFN2O2. The molecule has 0 saturated carbocycles. The van der Waals surface area contributed by atoms with Gasteiger partial charge in [-0.15, -0.1) is 0 Å². The first-order valence-corrected chi connectivity index (χ1v) is 9.53. The van der Waals surface area contributed by atoms with Crippen molar-refractivity contribution in [3.63, 3.8) is 0 Å². The lowest BCUT2D eigenvalue weighted by Gasteiger charge is -2.31. The van der Waals surface area contributed by atoms with Crippen molar-refractivity contribution in [2.75, 3.05) is 11.9 Å². The van der Waals surface area contributed by atoms with Crippen LogP contribution in [-0.2, 0) is 4.79 Å². The molecule has 3 aromatic rings. The van der Waals surface area contributed by atoms with Crippen molar-refractivity contribution in [2.45, 2.75) is 13.0 Å². The molecule has 0 bridgehead atoms. The van der Waals surface area contributed by atoms with E-state index < -0.39 is 6.04 Å². The molecule has 4 nitrogen and oxygen atoms in total. The number of fused-ring (bicyclic) bond motifs is 1. The number of hydrogen-bond donors (Lipinski definition) is 1. The number of halogens is 2. The average molecular weight is 409 g/mol. The zero-order chi connectivity index (χ0) is 20.5. The molecule has 2 amide bonds. The zero-order valence-electron chi connectivity index (χ0n) is 15.7. The molecule has 6 heteroatoms. The van der Waals surface area contributed by atoms with Gasteiger partial charge in [0.05, 0.1) is 6.04 Å². The molecule has 4 rings (SSSR count). The van der Waals surface area contributed by atoms with Gasteiger partial charge in [0.25, 0.3) is 5.91 Å². The minimum Gasteiger partial charge on any atom is -0.324 e. The van der Waals surface area contributed by atoms with Crippen LogP contribution in [0.2, 0.25) is 5.02 Å². The van der Waals surface area contributed by atoms with Gasteiger partial charge >= 0.3 is 0 Å². The third kappa shape index (κ3) is 3.74. The van der Waals surface area contributed by atoms with Crippen molar-refractivity contribution in [3.05, 3.63) is 99.8 Å². The van der Waals surface area contributed by atoms with Gasteiger partial charge in [-0.3, -0.25) is 9.59 Å². The highest BCUT2D eigenvalue weighted by Crippen LogP contribution is 2.38. The van der Waals surface area contributed by atoms with Gasteiger partial charge in [-0.25, -0.2) is 4.39 Å². The lowest BCUT2D eigenvalue weighted by Crippen LogP contribution is -2.39. The maximum Gasteiger partial charge on any atom is 0.255 e. The van der Waals surface area contributed by atoms with E-state index in [9.17, 15) is 14.0 Å². The highest BCUT2D eigenvalue weighted by atomic mass is 35.5. The molecule has 1 N–H and O–H groups in total. The molecule has 3 aromatic carbocycles. The van der Waals surface area contributed by atoms with Crippen molar-refractivity contribution in [1.82, 2.24) is 4.90 Å². The van der Waals surface area contributed by atoms with Crippen molar-refractivity contribution < 1.29 is 14.0 Å². The number of nitrogens with one attached hydrogen (secondary N) is 1. The van der Waals surface area contributed by atoms with Crippen LogP contribution in [0.5, 0.6) is 0 Å². The van der Waals surface area contributed by atoms with Gasteiger partial charge in [0.2, 0.25) is 5.91 Å². The molecule has 0 radical (unpaired) electrons. The Labute approximate surface area is 172 Å². The summed E-state index contributed by atoms with van der Waals surface area (Å²) in [5.41, 5.74) is 3.27. The number of benzene rings is 3. The van der Waals surface area contributed by atoms with Crippen LogP contribution in [0.4, 0.5) is 10.1 Å². The number of amides is 2. The summed E-state index contributed by atoms with van der Waals surface area (Å²) >= 11 is 6.24. The van der Waals surface area contributed by atoms with E-state index in [1.54, 1.807) is 42.5 Å². The first kappa shape index (κ1) is 19.2. The second-order valence-electron chi connectivity index (χ2n) is 6.98. The van der Waals surface area contributed by atoms with E-state index in [0.717, 1.165) is 5.56 Å². The largest absolute Gasteiger partial charge is 0.324 e. The fraction of sp³-hybridized carbons (Fsp3) is 0.130. The maximum atomic E-state index is 13.6. The predicted octanol–water partition coefficient (Wildman–Crippen LogP) is 4.97. The summed E-state index contributed by atoms with van der Waals surface area (Å²) in [5, 5.41) is 3.33. The number of aryl methyl sites for hydroxylation is 1. The Balaban J connectivity index is 1.91. The van der Waals surface area contributed by atoms with E-state index in [-0.39, 0.29) is 24.2 Å². The summed E-state index contributed by atoms with van der Waals surface area (Å²) in [6.07, 6.45) is 0. The monoisotopic (exact) mass is 408 g/mol. The molecule has 1 aliphatic heterocycles. The molecule has 0 fully saturated rings. The average Bonchev–Trinajstić information content (AvgIpc) is 2.84. The van der Waals surface area contributed by atoms with Gasteiger partial charge in [0.15, 0.2) is 0 Å². The molecule has 1 aliphatic rings. The second-order valence-corrected chi connectivity index (χ2v) is 7.42. The topological polar surface area (TPSA) is 49.4 Å². The first-order valence-electron chi connectivity index (χ1n) is 9.15. The van der Waals surface area contributed by atoms with Gasteiger partial charge in [-0.2, -0.15) is 0 Å². The standard InChI is InChI=1S/C23H18ClFN2O2/c1-14-4-2-3-5-18(14)23(29)27-13-21(28)26-20-11-8-16(24)12-19(20)22(27)15-6-9-17(25)10-7-15/h2-12,22H,13H2,1H3,(H,26,28)/t22-/m1/s1. The predicted molar refractivity (Wildman–Crippen MR) is 111 cm³/mol. The summed E-state index contributed by atoms with van der Waals surface area (Å²) in [6, 6.07) is 17.7. The Kier molecular flexibility index (Phi) is 5.07. The minimum atomic E-state index is -0.602. The molecule has 0 aliphatic carbocycles. The van der Waals surface area contributed by atoms with Crippen LogP contribution in [0.3, 0.4) is 0 Å². The number of carbonyl (C=O) groups is 2. The van der Waals surface area contributed by atoms with Crippen LogP contribution in [0.25, 0.3) is 0 Å². The van der Waals surface area contributed by atoms with Crippen LogP contribution in [0.15, 0.2) is 66.7 Å². The summed E-state index contributed by atoms with van der Waals surface area (Å²) in [6.45, 7) is 1.71. The first-order chi connectivity index (χ1) is 13.9. The van der Waals surface area contributed by atoms with Gasteiger partial charge in [0.1, 0.15) is 12.4 Å². The second kappa shape index (κ2) is 7.68. The quantitative estimate of drug-likeness (QED) is 0.650. The van der Waals surface area contributed by atoms with Crippen LogP contribution >= 0.6 is 11.6 Å². The lowest BCUT2D eigenvalue weighted by molar-refractivity contribution is -0.117. The summed E-state index contributed by atoms with van der Waals surface area (Å²) in [7, 11) is 0. The molecular weight excluding hydrogens is 391 g/mol. The maximum absolute atomic E-state index is 13.6. The smallest absolute Gasteiger partial charge is 0.255 e. The molecule has 29 heavy (non-hydrogen) atoms. The van der Waals surface area contributed by atoms with Crippen LogP contribution in [-0.4, -0.2) is 23.3 Å². The van der Waals surface area contributed by atoms with Crippen molar-refractivity contribution in [2.24, 2.45) is 0 Å². The Morgan fingerprint density at radius 2 is 1.83 bits per heavy atom. The number of carbonyl (C=O) groups excluding carboxylic acids is 2. The van der Waals surface area contributed by atoms with Gasteiger partial charge in [-0.1, -0.05) is 41.9 Å². The number of hydrogen-bond acceptors (Lipinski definition) is 2. The molecule has 0 saturated heterocycles. The van der Waals surface area contributed by atoms with Crippen molar-refractivity contribution >= 4 is 29.1 Å². The van der Waals surface area contributed by atoms with E-state index in [4.69, 9.17) is 11.6 Å². The minimum absolute atomic E-state index is 0.137.